The molecular weight excluding hydrogens is 370 g/mol. The van der Waals surface area contributed by atoms with Crippen molar-refractivity contribution in [2.45, 2.75) is 26.7 Å². The number of aromatic nitrogens is 1. The van der Waals surface area contributed by atoms with E-state index in [0.717, 1.165) is 50.0 Å². The zero-order valence-corrected chi connectivity index (χ0v) is 18.1. The highest BCUT2D eigenvalue weighted by Crippen LogP contribution is 2.26. The molecule has 2 heterocycles. The number of hydrogen-bond donors (Lipinski definition) is 2. The molecule has 2 aromatic rings. The van der Waals surface area contributed by atoms with Crippen molar-refractivity contribution in [2.24, 2.45) is 10.9 Å². The molecule has 7 heteroatoms. The van der Waals surface area contributed by atoms with Gasteiger partial charge in [-0.1, -0.05) is 6.07 Å². The van der Waals surface area contributed by atoms with Crippen LogP contribution in [0.2, 0.25) is 0 Å². The fourth-order valence-corrected chi connectivity index (χ4v) is 4.37. The van der Waals surface area contributed by atoms with Gasteiger partial charge in [-0.3, -0.25) is 4.99 Å². The first-order chi connectivity index (χ1) is 13.6. The number of ether oxygens (including phenoxy) is 1. The Morgan fingerprint density at radius 1 is 1.36 bits per heavy atom. The van der Waals surface area contributed by atoms with Crippen LogP contribution in [-0.2, 0) is 6.42 Å². The van der Waals surface area contributed by atoms with E-state index in [0.29, 0.717) is 5.92 Å². The van der Waals surface area contributed by atoms with Crippen molar-refractivity contribution in [3.05, 3.63) is 39.8 Å². The summed E-state index contributed by atoms with van der Waals surface area (Å²) in [7, 11) is 3.54. The topological polar surface area (TPSA) is 61.8 Å². The van der Waals surface area contributed by atoms with E-state index in [9.17, 15) is 0 Å². The van der Waals surface area contributed by atoms with Crippen LogP contribution < -0.4 is 20.3 Å². The number of anilines is 1. The third-order valence-corrected chi connectivity index (χ3v) is 6.32. The van der Waals surface area contributed by atoms with Crippen LogP contribution in [0.25, 0.3) is 0 Å². The molecule has 1 saturated heterocycles. The van der Waals surface area contributed by atoms with Gasteiger partial charge in [-0.05, 0) is 38.3 Å². The van der Waals surface area contributed by atoms with Gasteiger partial charge < -0.3 is 20.3 Å². The number of guanidine groups is 1. The van der Waals surface area contributed by atoms with Crippen molar-refractivity contribution in [2.75, 3.05) is 45.2 Å². The second kappa shape index (κ2) is 9.78. The van der Waals surface area contributed by atoms with E-state index in [2.05, 4.69) is 57.6 Å². The van der Waals surface area contributed by atoms with Gasteiger partial charge in [0.15, 0.2) is 5.96 Å². The molecule has 0 saturated carbocycles. The van der Waals surface area contributed by atoms with Crippen molar-refractivity contribution in [3.8, 4) is 5.75 Å². The smallest absolute Gasteiger partial charge is 0.191 e. The van der Waals surface area contributed by atoms with Crippen molar-refractivity contribution >= 4 is 23.0 Å². The van der Waals surface area contributed by atoms with E-state index in [-0.39, 0.29) is 0 Å². The predicted molar refractivity (Wildman–Crippen MR) is 118 cm³/mol. The highest BCUT2D eigenvalue weighted by atomic mass is 32.1. The third kappa shape index (κ3) is 5.38. The lowest BCUT2D eigenvalue weighted by atomic mass is 10.1. The van der Waals surface area contributed by atoms with Gasteiger partial charge in [-0.25, -0.2) is 4.98 Å². The first-order valence-corrected chi connectivity index (χ1v) is 10.7. The van der Waals surface area contributed by atoms with Gasteiger partial charge in [0.1, 0.15) is 5.75 Å². The highest BCUT2D eigenvalue weighted by molar-refractivity contribution is 7.11. The monoisotopic (exact) mass is 401 g/mol. The zero-order chi connectivity index (χ0) is 19.9. The van der Waals surface area contributed by atoms with Gasteiger partial charge in [0.25, 0.3) is 0 Å². The first-order valence-electron chi connectivity index (χ1n) is 9.85. The zero-order valence-electron chi connectivity index (χ0n) is 17.3. The quantitative estimate of drug-likeness (QED) is 0.552. The van der Waals surface area contributed by atoms with Crippen LogP contribution >= 0.6 is 11.3 Å². The number of thiazole rings is 1. The summed E-state index contributed by atoms with van der Waals surface area (Å²) >= 11 is 1.78. The summed E-state index contributed by atoms with van der Waals surface area (Å²) in [5.74, 6) is 2.38. The van der Waals surface area contributed by atoms with Crippen molar-refractivity contribution in [1.29, 1.82) is 0 Å². The number of hydrogen-bond acceptors (Lipinski definition) is 5. The molecular formula is C21H31N5OS. The highest BCUT2D eigenvalue weighted by Gasteiger charge is 2.23. The van der Waals surface area contributed by atoms with Crippen LogP contribution in [0.3, 0.4) is 0 Å². The molecule has 0 amide bonds. The average Bonchev–Trinajstić information content (AvgIpc) is 3.31. The Morgan fingerprint density at radius 2 is 2.21 bits per heavy atom. The molecule has 0 aliphatic carbocycles. The molecule has 2 N–H and O–H groups in total. The summed E-state index contributed by atoms with van der Waals surface area (Å²) in [5.41, 5.74) is 2.38. The summed E-state index contributed by atoms with van der Waals surface area (Å²) in [6.45, 7) is 8.09. The third-order valence-electron chi connectivity index (χ3n) is 5.19. The minimum atomic E-state index is 0.606. The van der Waals surface area contributed by atoms with Crippen LogP contribution in [-0.4, -0.2) is 51.3 Å². The number of aliphatic imine (C=N–C) groups is 1. The summed E-state index contributed by atoms with van der Waals surface area (Å²) in [6, 6.07) is 8.30. The second-order valence-electron chi connectivity index (χ2n) is 7.18. The van der Waals surface area contributed by atoms with Gasteiger partial charge in [-0.2, -0.15) is 0 Å². The minimum Gasteiger partial charge on any atom is -0.497 e. The molecule has 1 unspecified atom stereocenters. The number of nitrogens with zero attached hydrogens (tertiary/aromatic N) is 3. The number of methoxy groups -OCH3 is 1. The maximum atomic E-state index is 5.35. The molecule has 152 valence electrons. The number of benzene rings is 1. The Morgan fingerprint density at radius 3 is 2.93 bits per heavy atom. The second-order valence-corrected chi connectivity index (χ2v) is 8.47. The Balaban J connectivity index is 1.41. The van der Waals surface area contributed by atoms with Crippen LogP contribution in [0.15, 0.2) is 29.3 Å². The molecule has 1 aliphatic rings. The first kappa shape index (κ1) is 20.5. The van der Waals surface area contributed by atoms with Gasteiger partial charge in [0, 0.05) is 56.3 Å². The van der Waals surface area contributed by atoms with E-state index in [1.54, 1.807) is 18.4 Å². The molecule has 28 heavy (non-hydrogen) atoms. The molecule has 1 atom stereocenters. The van der Waals surface area contributed by atoms with E-state index in [4.69, 9.17) is 4.74 Å². The Labute approximate surface area is 172 Å². The van der Waals surface area contributed by atoms with Gasteiger partial charge >= 0.3 is 0 Å². The summed E-state index contributed by atoms with van der Waals surface area (Å²) in [5, 5.41) is 8.07. The molecule has 1 aliphatic heterocycles. The summed E-state index contributed by atoms with van der Waals surface area (Å²) in [6.07, 6.45) is 2.10. The lowest BCUT2D eigenvalue weighted by molar-refractivity contribution is 0.415. The fraction of sp³-hybridized carbons (Fsp3) is 0.524. The standard InChI is InChI=1S/C21H31N5OS/c1-15-16(2)28-20(25-15)8-10-23-21(22-3)24-13-17-9-11-26(14-17)18-6-5-7-19(12-18)27-4/h5-7,12,17H,8-11,13-14H2,1-4H3,(H2,22,23,24). The normalized spacial score (nSPS) is 17.1. The Bertz CT molecular complexity index is 784. The van der Waals surface area contributed by atoms with Crippen molar-refractivity contribution in [1.82, 2.24) is 15.6 Å². The lowest BCUT2D eigenvalue weighted by Gasteiger charge is -2.20. The maximum Gasteiger partial charge on any atom is 0.191 e. The van der Waals surface area contributed by atoms with E-state index < -0.39 is 0 Å². The molecule has 0 bridgehead atoms. The van der Waals surface area contributed by atoms with Crippen LogP contribution in [0, 0.1) is 19.8 Å². The molecule has 1 aromatic carbocycles. The van der Waals surface area contributed by atoms with Gasteiger partial charge in [0.2, 0.25) is 0 Å². The van der Waals surface area contributed by atoms with E-state index in [1.807, 2.05) is 13.1 Å². The predicted octanol–water partition coefficient (Wildman–Crippen LogP) is 3.00. The van der Waals surface area contributed by atoms with Crippen LogP contribution in [0.4, 0.5) is 5.69 Å². The Kier molecular flexibility index (Phi) is 7.14. The van der Waals surface area contributed by atoms with Crippen LogP contribution in [0.5, 0.6) is 5.75 Å². The molecule has 0 spiro atoms. The molecule has 3 rings (SSSR count). The Hall–Kier alpha value is -2.28. The van der Waals surface area contributed by atoms with E-state index >= 15 is 0 Å². The van der Waals surface area contributed by atoms with Gasteiger partial charge in [0.05, 0.1) is 17.8 Å². The summed E-state index contributed by atoms with van der Waals surface area (Å²) < 4.78 is 5.35. The lowest BCUT2D eigenvalue weighted by Crippen LogP contribution is -2.41. The average molecular weight is 402 g/mol. The molecule has 1 aromatic heterocycles. The number of nitrogens with one attached hydrogen (secondary N) is 2. The molecule has 1 fully saturated rings. The van der Waals surface area contributed by atoms with Gasteiger partial charge in [-0.15, -0.1) is 11.3 Å². The van der Waals surface area contributed by atoms with Crippen molar-refractivity contribution < 1.29 is 4.74 Å². The maximum absolute atomic E-state index is 5.35. The van der Waals surface area contributed by atoms with Crippen LogP contribution in [0.1, 0.15) is 22.0 Å². The van der Waals surface area contributed by atoms with E-state index in [1.165, 1.54) is 22.0 Å². The number of rotatable bonds is 7. The largest absolute Gasteiger partial charge is 0.497 e. The molecule has 0 radical (unpaired) electrons. The minimum absolute atomic E-state index is 0.606. The number of aryl methyl sites for hydroxylation is 2. The SMILES string of the molecule is CN=C(NCCc1nc(C)c(C)s1)NCC1CCN(c2cccc(OC)c2)C1. The fourth-order valence-electron chi connectivity index (χ4n) is 3.44. The molecule has 6 nitrogen and oxygen atoms in total. The van der Waals surface area contributed by atoms with Crippen molar-refractivity contribution in [3.63, 3.8) is 0 Å². The summed E-state index contributed by atoms with van der Waals surface area (Å²) in [4.78, 5) is 12.7.